The zero-order chi connectivity index (χ0) is 31.4. The fourth-order valence-corrected chi connectivity index (χ4v) is 5.53. The van der Waals surface area contributed by atoms with Crippen molar-refractivity contribution in [2.24, 2.45) is 0 Å². The van der Waals surface area contributed by atoms with E-state index in [0.29, 0.717) is 16.8 Å². The predicted molar refractivity (Wildman–Crippen MR) is 152 cm³/mol. The molecule has 0 saturated heterocycles. The highest BCUT2D eigenvalue weighted by molar-refractivity contribution is 9.10. The van der Waals surface area contributed by atoms with Crippen molar-refractivity contribution < 1.29 is 27.2 Å². The Morgan fingerprint density at radius 2 is 1.72 bits per heavy atom. The molecule has 1 aliphatic heterocycles. The summed E-state index contributed by atoms with van der Waals surface area (Å²) in [5, 5.41) is 6.76. The van der Waals surface area contributed by atoms with Crippen LogP contribution in [-0.4, -0.2) is 49.1 Å². The minimum Gasteiger partial charge on any atom is -0.355 e. The molecule has 1 atom stereocenters. The maximum absolute atomic E-state index is 14.8. The second kappa shape index (κ2) is 11.1. The number of aromatic nitrogens is 4. The average Bonchev–Trinajstić information content (AvgIpc) is 3.23. The summed E-state index contributed by atoms with van der Waals surface area (Å²) in [6.07, 6.45) is -4.61. The van der Waals surface area contributed by atoms with Crippen LogP contribution in [0.25, 0.3) is 11.6 Å². The number of hydrogen-bond acceptors (Lipinski definition) is 5. The second-order valence-electron chi connectivity index (χ2n) is 10.2. The molecule has 3 heterocycles. The molecule has 0 bridgehead atoms. The highest BCUT2D eigenvalue weighted by Gasteiger charge is 2.36. The normalized spacial score (nSPS) is 14.9. The summed E-state index contributed by atoms with van der Waals surface area (Å²) in [4.78, 5) is 45.6. The van der Waals surface area contributed by atoms with E-state index in [0.717, 1.165) is 6.07 Å². The summed E-state index contributed by atoms with van der Waals surface area (Å²) in [6.45, 7) is 4.46. The highest BCUT2D eigenvalue weighted by atomic mass is 79.9. The Kier molecular flexibility index (Phi) is 7.75. The first-order valence-electron chi connectivity index (χ1n) is 13.1. The van der Waals surface area contributed by atoms with Crippen LogP contribution < -0.4 is 10.9 Å². The third-order valence-corrected chi connectivity index (χ3v) is 8.07. The summed E-state index contributed by atoms with van der Waals surface area (Å²) in [6, 6.07) is 8.85. The standard InChI is InChI=1S/C29H25BrF4N6O3/c1-14-11-20-23(13-38(14)26(42)18-7-10-22(30)21(12-18)29(32,33)34)36-28(40-16(3)24(31)15(2)37-40)39(27(20)43)19-8-5-17(6-9-19)25(41)35-4/h5-10,12,14H,11,13H2,1-4H3,(H,35,41). The third-order valence-electron chi connectivity index (χ3n) is 7.38. The van der Waals surface area contributed by atoms with Crippen molar-refractivity contribution in [1.82, 2.24) is 29.5 Å². The molecule has 0 aliphatic carbocycles. The molecule has 2 aromatic heterocycles. The van der Waals surface area contributed by atoms with Gasteiger partial charge in [0, 0.05) is 34.3 Å². The molecule has 0 saturated carbocycles. The lowest BCUT2D eigenvalue weighted by atomic mass is 9.98. The lowest BCUT2D eigenvalue weighted by Gasteiger charge is -2.34. The van der Waals surface area contributed by atoms with Gasteiger partial charge in [0.1, 0.15) is 0 Å². The van der Waals surface area contributed by atoms with Crippen LogP contribution in [0.15, 0.2) is 51.7 Å². The molecule has 1 unspecified atom stereocenters. The van der Waals surface area contributed by atoms with E-state index in [-0.39, 0.29) is 51.9 Å². The number of amides is 2. The number of halogens is 5. The first kappa shape index (κ1) is 30.1. The van der Waals surface area contributed by atoms with E-state index in [1.54, 1.807) is 19.1 Å². The molecule has 2 amide bonds. The number of carbonyl (C=O) groups excluding carboxylic acids is 2. The van der Waals surface area contributed by atoms with Crippen molar-refractivity contribution in [1.29, 1.82) is 0 Å². The van der Waals surface area contributed by atoms with Gasteiger partial charge in [-0.1, -0.05) is 15.9 Å². The van der Waals surface area contributed by atoms with Crippen LogP contribution in [0.3, 0.4) is 0 Å². The Bertz CT molecular complexity index is 1830. The summed E-state index contributed by atoms with van der Waals surface area (Å²) < 4.78 is 57.6. The molecule has 0 radical (unpaired) electrons. The average molecular weight is 661 g/mol. The van der Waals surface area contributed by atoms with Gasteiger partial charge in [0.15, 0.2) is 5.82 Å². The molecular weight excluding hydrogens is 636 g/mol. The first-order chi connectivity index (χ1) is 20.2. The zero-order valence-corrected chi connectivity index (χ0v) is 25.0. The van der Waals surface area contributed by atoms with Crippen LogP contribution in [0.2, 0.25) is 0 Å². The fourth-order valence-electron chi connectivity index (χ4n) is 5.06. The van der Waals surface area contributed by atoms with E-state index in [1.165, 1.54) is 59.3 Å². The summed E-state index contributed by atoms with van der Waals surface area (Å²) >= 11 is 2.89. The molecule has 1 N–H and O–H groups in total. The van der Waals surface area contributed by atoms with Gasteiger partial charge in [0.05, 0.1) is 34.9 Å². The van der Waals surface area contributed by atoms with Gasteiger partial charge in [-0.25, -0.2) is 18.6 Å². The Morgan fingerprint density at radius 3 is 2.30 bits per heavy atom. The molecule has 5 rings (SSSR count). The monoisotopic (exact) mass is 660 g/mol. The number of rotatable bonds is 4. The molecule has 4 aromatic rings. The van der Waals surface area contributed by atoms with E-state index in [1.807, 2.05) is 0 Å². The van der Waals surface area contributed by atoms with Gasteiger partial charge in [-0.2, -0.15) is 18.3 Å². The number of alkyl halides is 3. The lowest BCUT2D eigenvalue weighted by molar-refractivity contribution is -0.138. The van der Waals surface area contributed by atoms with E-state index in [4.69, 9.17) is 0 Å². The lowest BCUT2D eigenvalue weighted by Crippen LogP contribution is -2.46. The number of aryl methyl sites for hydroxylation is 1. The highest BCUT2D eigenvalue weighted by Crippen LogP contribution is 2.36. The van der Waals surface area contributed by atoms with Crippen LogP contribution in [0.5, 0.6) is 0 Å². The summed E-state index contributed by atoms with van der Waals surface area (Å²) in [7, 11) is 1.49. The van der Waals surface area contributed by atoms with Gasteiger partial charge in [-0.15, -0.1) is 0 Å². The Labute approximate surface area is 251 Å². The molecule has 0 fully saturated rings. The number of carbonyl (C=O) groups is 2. The second-order valence-corrected chi connectivity index (χ2v) is 11.0. The molecule has 2 aromatic carbocycles. The third kappa shape index (κ3) is 5.35. The minimum absolute atomic E-state index is 0.0501. The van der Waals surface area contributed by atoms with Crippen molar-refractivity contribution in [3.8, 4) is 11.6 Å². The number of nitrogens with one attached hydrogen (secondary N) is 1. The van der Waals surface area contributed by atoms with Crippen molar-refractivity contribution in [2.75, 3.05) is 7.05 Å². The molecule has 224 valence electrons. The molecule has 9 nitrogen and oxygen atoms in total. The maximum Gasteiger partial charge on any atom is 0.417 e. The Hall–Kier alpha value is -4.33. The SMILES string of the molecule is CNC(=O)c1ccc(-n2c(-n3nc(C)c(F)c3C)nc3c(c2=O)CC(C)N(C(=O)c2ccc(Br)c(C(F)(F)F)c2)C3)cc1. The number of benzene rings is 2. The van der Waals surface area contributed by atoms with Crippen LogP contribution >= 0.6 is 15.9 Å². The predicted octanol–water partition coefficient (Wildman–Crippen LogP) is 4.90. The van der Waals surface area contributed by atoms with Crippen LogP contribution in [-0.2, 0) is 19.1 Å². The maximum atomic E-state index is 14.8. The van der Waals surface area contributed by atoms with Crippen molar-refractivity contribution in [2.45, 2.75) is 46.0 Å². The number of nitrogens with zero attached hydrogens (tertiary/aromatic N) is 5. The van der Waals surface area contributed by atoms with Crippen LogP contribution in [0.1, 0.15) is 55.8 Å². The van der Waals surface area contributed by atoms with E-state index in [2.05, 4.69) is 31.3 Å². The molecule has 14 heteroatoms. The smallest absolute Gasteiger partial charge is 0.355 e. The fraction of sp³-hybridized carbons (Fsp3) is 0.276. The summed E-state index contributed by atoms with van der Waals surface area (Å²) in [5.41, 5.74) is -0.265. The number of hydrogen-bond donors (Lipinski definition) is 1. The van der Waals surface area contributed by atoms with Gasteiger partial charge in [0.2, 0.25) is 5.95 Å². The van der Waals surface area contributed by atoms with Gasteiger partial charge in [-0.3, -0.25) is 14.4 Å². The minimum atomic E-state index is -4.68. The molecular formula is C29H25BrF4N6O3. The van der Waals surface area contributed by atoms with Crippen molar-refractivity contribution >= 4 is 27.7 Å². The first-order valence-corrected chi connectivity index (χ1v) is 13.9. The van der Waals surface area contributed by atoms with Gasteiger partial charge in [-0.05, 0) is 69.7 Å². The van der Waals surface area contributed by atoms with Crippen LogP contribution in [0, 0.1) is 19.7 Å². The van der Waals surface area contributed by atoms with Gasteiger partial charge in [0.25, 0.3) is 17.4 Å². The van der Waals surface area contributed by atoms with E-state index < -0.39 is 35.1 Å². The van der Waals surface area contributed by atoms with Crippen molar-refractivity contribution in [3.63, 3.8) is 0 Å². The molecule has 0 spiro atoms. The van der Waals surface area contributed by atoms with Crippen molar-refractivity contribution in [3.05, 3.63) is 102 Å². The summed E-state index contributed by atoms with van der Waals surface area (Å²) in [5.74, 6) is -1.62. The molecule has 43 heavy (non-hydrogen) atoms. The Morgan fingerprint density at radius 1 is 1.07 bits per heavy atom. The quantitative estimate of drug-likeness (QED) is 0.314. The topological polar surface area (TPSA) is 102 Å². The van der Waals surface area contributed by atoms with E-state index in [9.17, 15) is 31.9 Å². The van der Waals surface area contributed by atoms with Gasteiger partial charge >= 0.3 is 6.18 Å². The van der Waals surface area contributed by atoms with E-state index >= 15 is 0 Å². The molecule has 1 aliphatic rings. The van der Waals surface area contributed by atoms with Crippen LogP contribution in [0.4, 0.5) is 17.6 Å². The zero-order valence-electron chi connectivity index (χ0n) is 23.4. The largest absolute Gasteiger partial charge is 0.417 e. The van der Waals surface area contributed by atoms with Gasteiger partial charge < -0.3 is 10.2 Å². The Balaban J connectivity index is 1.64. The number of fused-ring (bicyclic) bond motifs is 1.